The smallest absolute Gasteiger partial charge is 0.227 e. The van der Waals surface area contributed by atoms with E-state index in [1.807, 2.05) is 10.8 Å². The molecule has 17 heavy (non-hydrogen) atoms. The van der Waals surface area contributed by atoms with Gasteiger partial charge in [0.1, 0.15) is 0 Å². The number of amides is 1. The molecule has 90 valence electrons. The second kappa shape index (κ2) is 5.90. The maximum atomic E-state index is 11.3. The Morgan fingerprint density at radius 1 is 1.47 bits per heavy atom. The molecule has 0 saturated carbocycles. The minimum Gasteiger partial charge on any atom is -0.330 e. The Balaban J connectivity index is 1.94. The average molecular weight is 267 g/mol. The van der Waals surface area contributed by atoms with Gasteiger partial charge in [-0.1, -0.05) is 0 Å². The summed E-state index contributed by atoms with van der Waals surface area (Å²) >= 11 is 3.12. The van der Waals surface area contributed by atoms with Crippen molar-refractivity contribution in [2.75, 3.05) is 11.9 Å². The number of aromatic nitrogens is 1. The number of hydrogen-bond acceptors (Lipinski definition) is 5. The monoisotopic (exact) mass is 267 g/mol. The van der Waals surface area contributed by atoms with Crippen molar-refractivity contribution >= 4 is 33.7 Å². The molecule has 2 heterocycles. The van der Waals surface area contributed by atoms with Gasteiger partial charge in [-0.25, -0.2) is 4.98 Å². The van der Waals surface area contributed by atoms with E-state index in [1.54, 1.807) is 11.3 Å². The number of nitrogens with two attached hydrogens (primary N) is 1. The number of rotatable bonds is 5. The normalized spacial score (nSPS) is 10.4. The molecule has 4 nitrogen and oxygen atoms in total. The zero-order valence-corrected chi connectivity index (χ0v) is 10.8. The van der Waals surface area contributed by atoms with E-state index in [9.17, 15) is 4.79 Å². The molecule has 3 N–H and O–H groups in total. The van der Waals surface area contributed by atoms with Crippen LogP contribution in [0.4, 0.5) is 5.13 Å². The fourth-order valence-electron chi connectivity index (χ4n) is 1.36. The van der Waals surface area contributed by atoms with Gasteiger partial charge in [-0.05, 0) is 22.4 Å². The highest BCUT2D eigenvalue weighted by Crippen LogP contribution is 2.19. The molecule has 0 aromatic carbocycles. The Labute approximate surface area is 107 Å². The lowest BCUT2D eigenvalue weighted by atomic mass is 10.2. The van der Waals surface area contributed by atoms with Gasteiger partial charge in [-0.15, -0.1) is 11.3 Å². The van der Waals surface area contributed by atoms with Gasteiger partial charge in [-0.2, -0.15) is 11.3 Å². The topological polar surface area (TPSA) is 68.0 Å². The highest BCUT2D eigenvalue weighted by Gasteiger charge is 2.06. The molecule has 0 spiro atoms. The molecular formula is C11H13N3OS2. The van der Waals surface area contributed by atoms with Crippen LogP contribution in [0.15, 0.2) is 22.2 Å². The predicted octanol–water partition coefficient (Wildman–Crippen LogP) is 2.08. The van der Waals surface area contributed by atoms with Gasteiger partial charge < -0.3 is 11.1 Å². The van der Waals surface area contributed by atoms with Gasteiger partial charge >= 0.3 is 0 Å². The highest BCUT2D eigenvalue weighted by atomic mass is 32.1. The summed E-state index contributed by atoms with van der Waals surface area (Å²) < 4.78 is 0. The third-order valence-electron chi connectivity index (χ3n) is 2.13. The van der Waals surface area contributed by atoms with E-state index in [4.69, 9.17) is 5.73 Å². The van der Waals surface area contributed by atoms with E-state index in [0.717, 1.165) is 12.1 Å². The zero-order chi connectivity index (χ0) is 12.1. The van der Waals surface area contributed by atoms with Crippen molar-refractivity contribution in [3.63, 3.8) is 0 Å². The predicted molar refractivity (Wildman–Crippen MR) is 71.5 cm³/mol. The fourth-order valence-corrected chi connectivity index (χ4v) is 2.76. The van der Waals surface area contributed by atoms with Gasteiger partial charge in [-0.3, -0.25) is 4.79 Å². The molecular weight excluding hydrogens is 254 g/mol. The summed E-state index contributed by atoms with van der Waals surface area (Å²) in [6.07, 6.45) is 1.15. The van der Waals surface area contributed by atoms with E-state index >= 15 is 0 Å². The van der Waals surface area contributed by atoms with Crippen molar-refractivity contribution in [2.24, 2.45) is 5.73 Å². The van der Waals surface area contributed by atoms with Crippen LogP contribution in [0.1, 0.15) is 17.7 Å². The zero-order valence-electron chi connectivity index (χ0n) is 9.18. The van der Waals surface area contributed by atoms with Crippen molar-refractivity contribution in [1.29, 1.82) is 0 Å². The van der Waals surface area contributed by atoms with Crippen LogP contribution in [0.3, 0.4) is 0 Å². The van der Waals surface area contributed by atoms with Crippen LogP contribution in [0.5, 0.6) is 0 Å². The van der Waals surface area contributed by atoms with Gasteiger partial charge in [0.2, 0.25) is 5.91 Å². The number of nitrogens with zero attached hydrogens (tertiary/aromatic N) is 1. The molecule has 0 aliphatic heterocycles. The fraction of sp³-hybridized carbons (Fsp3) is 0.273. The second-order valence-electron chi connectivity index (χ2n) is 3.54. The first-order valence-corrected chi connectivity index (χ1v) is 7.05. The molecule has 6 heteroatoms. The number of anilines is 1. The molecule has 0 aliphatic carbocycles. The van der Waals surface area contributed by atoms with E-state index in [0.29, 0.717) is 18.1 Å². The quantitative estimate of drug-likeness (QED) is 0.871. The number of carbonyl (C=O) groups is 1. The molecule has 0 bridgehead atoms. The van der Waals surface area contributed by atoms with Crippen LogP contribution in [0.2, 0.25) is 0 Å². The molecule has 2 aromatic heterocycles. The summed E-state index contributed by atoms with van der Waals surface area (Å²) in [5.74, 6) is -0.0797. The first kappa shape index (κ1) is 12.2. The van der Waals surface area contributed by atoms with Crippen molar-refractivity contribution in [2.45, 2.75) is 12.8 Å². The van der Waals surface area contributed by atoms with Crippen LogP contribution in [0.25, 0.3) is 0 Å². The summed E-state index contributed by atoms with van der Waals surface area (Å²) in [6.45, 7) is 0.360. The summed E-state index contributed by atoms with van der Waals surface area (Å²) in [6, 6.07) is 2.08. The number of thiazole rings is 1. The third-order valence-corrected chi connectivity index (χ3v) is 3.67. The minimum atomic E-state index is -0.0797. The maximum absolute atomic E-state index is 11.3. The van der Waals surface area contributed by atoms with E-state index < -0.39 is 0 Å². The molecule has 0 radical (unpaired) electrons. The molecule has 1 amide bonds. The Morgan fingerprint density at radius 2 is 2.35 bits per heavy atom. The molecule has 0 atom stereocenters. The SMILES string of the molecule is NCCC(=O)Nc1nc(Cc2ccsc2)cs1. The number of hydrogen-bond donors (Lipinski definition) is 2. The van der Waals surface area contributed by atoms with Crippen LogP contribution < -0.4 is 11.1 Å². The molecule has 0 saturated heterocycles. The van der Waals surface area contributed by atoms with Crippen molar-refractivity contribution < 1.29 is 4.79 Å². The second-order valence-corrected chi connectivity index (χ2v) is 5.18. The highest BCUT2D eigenvalue weighted by molar-refractivity contribution is 7.14. The minimum absolute atomic E-state index is 0.0797. The first-order valence-electron chi connectivity index (χ1n) is 5.23. The van der Waals surface area contributed by atoms with Gasteiger partial charge in [0.05, 0.1) is 5.69 Å². The molecule has 0 fully saturated rings. The first-order chi connectivity index (χ1) is 8.28. The summed E-state index contributed by atoms with van der Waals surface area (Å²) in [7, 11) is 0. The average Bonchev–Trinajstić information content (AvgIpc) is 2.91. The number of nitrogens with one attached hydrogen (secondary N) is 1. The third kappa shape index (κ3) is 3.62. The molecule has 0 unspecified atom stereocenters. The molecule has 2 aromatic rings. The largest absolute Gasteiger partial charge is 0.330 e. The lowest BCUT2D eigenvalue weighted by molar-refractivity contribution is -0.116. The van der Waals surface area contributed by atoms with Crippen molar-refractivity contribution in [1.82, 2.24) is 4.98 Å². The standard InChI is InChI=1S/C11H13N3OS2/c12-3-1-10(15)14-11-13-9(7-17-11)5-8-2-4-16-6-8/h2,4,6-7H,1,3,5,12H2,(H,13,14,15). The summed E-state index contributed by atoms with van der Waals surface area (Å²) in [5, 5.41) is 9.50. The van der Waals surface area contributed by atoms with E-state index in [-0.39, 0.29) is 5.91 Å². The van der Waals surface area contributed by atoms with E-state index in [1.165, 1.54) is 16.9 Å². The van der Waals surface area contributed by atoms with Crippen LogP contribution >= 0.6 is 22.7 Å². The Morgan fingerprint density at radius 3 is 3.06 bits per heavy atom. The lowest BCUT2D eigenvalue weighted by Crippen LogP contribution is -2.16. The van der Waals surface area contributed by atoms with Gasteiger partial charge in [0.25, 0.3) is 0 Å². The lowest BCUT2D eigenvalue weighted by Gasteiger charge is -1.98. The number of carbonyl (C=O) groups excluding carboxylic acids is 1. The summed E-state index contributed by atoms with van der Waals surface area (Å²) in [5.41, 5.74) is 7.53. The van der Waals surface area contributed by atoms with Gasteiger partial charge in [0, 0.05) is 24.8 Å². The van der Waals surface area contributed by atoms with Crippen LogP contribution in [0, 0.1) is 0 Å². The summed E-state index contributed by atoms with van der Waals surface area (Å²) in [4.78, 5) is 15.7. The van der Waals surface area contributed by atoms with E-state index in [2.05, 4.69) is 21.7 Å². The Bertz CT molecular complexity index is 479. The van der Waals surface area contributed by atoms with Crippen molar-refractivity contribution in [3.05, 3.63) is 33.5 Å². The Kier molecular flexibility index (Phi) is 4.24. The van der Waals surface area contributed by atoms with Crippen molar-refractivity contribution in [3.8, 4) is 0 Å². The van der Waals surface area contributed by atoms with Crippen LogP contribution in [-0.4, -0.2) is 17.4 Å². The maximum Gasteiger partial charge on any atom is 0.227 e. The molecule has 0 aliphatic rings. The van der Waals surface area contributed by atoms with Crippen LogP contribution in [-0.2, 0) is 11.2 Å². The number of thiophene rings is 1. The van der Waals surface area contributed by atoms with Gasteiger partial charge in [0.15, 0.2) is 5.13 Å². The Hall–Kier alpha value is -1.24. The molecule has 2 rings (SSSR count).